The number of hydrogen-bond acceptors (Lipinski definition) is 4. The van der Waals surface area contributed by atoms with E-state index in [0.29, 0.717) is 0 Å². The van der Waals surface area contributed by atoms with E-state index in [9.17, 15) is 14.0 Å². The Hall–Kier alpha value is -2.57. The molecule has 118 valence electrons. The molecule has 2 rings (SSSR count). The molecule has 0 saturated heterocycles. The number of hydrogen-bond donors (Lipinski definition) is 2. The molecule has 0 radical (unpaired) electrons. The van der Waals surface area contributed by atoms with E-state index in [1.54, 1.807) is 26.0 Å². The molecule has 7 heteroatoms. The minimum atomic E-state index is -0.547. The maximum absolute atomic E-state index is 13.5. The lowest BCUT2D eigenvalue weighted by Gasteiger charge is -2.26. The number of carbonyl (C=O) groups excluding carboxylic acids is 2. The first-order valence-electron chi connectivity index (χ1n) is 6.88. The van der Waals surface area contributed by atoms with Gasteiger partial charge in [-0.2, -0.15) is 0 Å². The number of para-hydroxylation sites is 1. The van der Waals surface area contributed by atoms with Crippen LogP contribution in [0, 0.1) is 5.82 Å². The standard InChI is InChI=1S/C15H17FN2O4/c1-3-21-14(19)13-9(2)17-15(20)18-11(13)8-22-12-7-5-4-6-10(12)16/h4-7,9H,3,8H2,1-2H3,(H2,17,18,20)/t9-/m1/s1. The number of urea groups is 1. The van der Waals surface area contributed by atoms with Gasteiger partial charge in [0.1, 0.15) is 6.61 Å². The van der Waals surface area contributed by atoms with Crippen LogP contribution < -0.4 is 15.4 Å². The summed E-state index contributed by atoms with van der Waals surface area (Å²) in [5, 5.41) is 5.08. The Bertz CT molecular complexity index is 615. The van der Waals surface area contributed by atoms with Crippen molar-refractivity contribution in [3.05, 3.63) is 41.4 Å². The highest BCUT2D eigenvalue weighted by molar-refractivity contribution is 5.94. The molecule has 0 aromatic heterocycles. The Balaban J connectivity index is 2.22. The van der Waals surface area contributed by atoms with Gasteiger partial charge >= 0.3 is 12.0 Å². The molecule has 1 aromatic rings. The largest absolute Gasteiger partial charge is 0.484 e. The molecule has 1 atom stereocenters. The molecule has 1 aliphatic rings. The van der Waals surface area contributed by atoms with Crippen LogP contribution in [0.5, 0.6) is 5.75 Å². The third-order valence-corrected chi connectivity index (χ3v) is 3.07. The summed E-state index contributed by atoms with van der Waals surface area (Å²) in [5.41, 5.74) is 0.524. The molecule has 0 aliphatic carbocycles. The summed E-state index contributed by atoms with van der Waals surface area (Å²) < 4.78 is 23.9. The number of amides is 2. The topological polar surface area (TPSA) is 76.7 Å². The Morgan fingerprint density at radius 2 is 2.09 bits per heavy atom. The minimum absolute atomic E-state index is 0.0404. The number of halogens is 1. The fourth-order valence-electron chi connectivity index (χ4n) is 2.10. The van der Waals surface area contributed by atoms with Crippen LogP contribution in [-0.4, -0.2) is 31.3 Å². The summed E-state index contributed by atoms with van der Waals surface area (Å²) in [6.07, 6.45) is 0. The van der Waals surface area contributed by atoms with Gasteiger partial charge in [0.05, 0.1) is 23.9 Å². The van der Waals surface area contributed by atoms with Crippen molar-refractivity contribution in [3.63, 3.8) is 0 Å². The lowest BCUT2D eigenvalue weighted by Crippen LogP contribution is -2.50. The molecule has 0 bridgehead atoms. The zero-order valence-corrected chi connectivity index (χ0v) is 12.3. The van der Waals surface area contributed by atoms with Crippen molar-refractivity contribution in [3.8, 4) is 5.75 Å². The van der Waals surface area contributed by atoms with Crippen molar-refractivity contribution in [2.75, 3.05) is 13.2 Å². The van der Waals surface area contributed by atoms with E-state index in [-0.39, 0.29) is 30.2 Å². The zero-order chi connectivity index (χ0) is 16.1. The summed E-state index contributed by atoms with van der Waals surface area (Å²) in [6.45, 7) is 3.42. The lowest BCUT2D eigenvalue weighted by atomic mass is 10.0. The maximum atomic E-state index is 13.5. The van der Waals surface area contributed by atoms with Crippen molar-refractivity contribution >= 4 is 12.0 Å². The number of carbonyl (C=O) groups is 2. The zero-order valence-electron chi connectivity index (χ0n) is 12.3. The van der Waals surface area contributed by atoms with E-state index in [4.69, 9.17) is 9.47 Å². The highest BCUT2D eigenvalue weighted by Gasteiger charge is 2.30. The molecular weight excluding hydrogens is 291 g/mol. The summed E-state index contributed by atoms with van der Waals surface area (Å²) in [7, 11) is 0. The molecule has 1 heterocycles. The van der Waals surface area contributed by atoms with Crippen molar-refractivity contribution < 1.29 is 23.5 Å². The average molecular weight is 308 g/mol. The number of nitrogens with one attached hydrogen (secondary N) is 2. The van der Waals surface area contributed by atoms with E-state index < -0.39 is 23.9 Å². The minimum Gasteiger partial charge on any atom is -0.484 e. The van der Waals surface area contributed by atoms with Crippen molar-refractivity contribution in [2.24, 2.45) is 0 Å². The summed E-state index contributed by atoms with van der Waals surface area (Å²) in [4.78, 5) is 23.6. The molecule has 2 amide bonds. The van der Waals surface area contributed by atoms with Crippen LogP contribution >= 0.6 is 0 Å². The Morgan fingerprint density at radius 1 is 1.36 bits per heavy atom. The number of benzene rings is 1. The summed E-state index contributed by atoms with van der Waals surface area (Å²) in [6, 6.07) is 4.92. The molecular formula is C15H17FN2O4. The molecule has 1 aliphatic heterocycles. The molecule has 0 spiro atoms. The first kappa shape index (κ1) is 15.8. The number of esters is 1. The monoisotopic (exact) mass is 308 g/mol. The molecule has 0 saturated carbocycles. The first-order chi connectivity index (χ1) is 10.5. The third kappa shape index (κ3) is 3.55. The molecule has 0 fully saturated rings. The highest BCUT2D eigenvalue weighted by Crippen LogP contribution is 2.19. The van der Waals surface area contributed by atoms with Crippen molar-refractivity contribution in [1.82, 2.24) is 10.6 Å². The van der Waals surface area contributed by atoms with Gasteiger partial charge in [0.2, 0.25) is 0 Å². The van der Waals surface area contributed by atoms with Crippen molar-refractivity contribution in [2.45, 2.75) is 19.9 Å². The smallest absolute Gasteiger partial charge is 0.338 e. The van der Waals surface area contributed by atoms with Gasteiger partial charge in [-0.3, -0.25) is 0 Å². The van der Waals surface area contributed by atoms with Gasteiger partial charge in [0, 0.05) is 0 Å². The van der Waals surface area contributed by atoms with Gasteiger partial charge in [0.15, 0.2) is 11.6 Å². The van der Waals surface area contributed by atoms with Gasteiger partial charge in [-0.15, -0.1) is 0 Å². The third-order valence-electron chi connectivity index (χ3n) is 3.07. The van der Waals surface area contributed by atoms with Gasteiger partial charge in [-0.05, 0) is 26.0 Å². The van der Waals surface area contributed by atoms with Crippen molar-refractivity contribution in [1.29, 1.82) is 0 Å². The van der Waals surface area contributed by atoms with Crippen LogP contribution in [0.2, 0.25) is 0 Å². The maximum Gasteiger partial charge on any atom is 0.338 e. The van der Waals surface area contributed by atoms with Gasteiger partial charge in [0.25, 0.3) is 0 Å². The van der Waals surface area contributed by atoms with E-state index in [0.717, 1.165) is 0 Å². The van der Waals surface area contributed by atoms with E-state index >= 15 is 0 Å². The van der Waals surface area contributed by atoms with Crippen LogP contribution in [0.25, 0.3) is 0 Å². The van der Waals surface area contributed by atoms with Crippen LogP contribution in [0.4, 0.5) is 9.18 Å². The molecule has 0 unspecified atom stereocenters. The second-order valence-corrected chi connectivity index (χ2v) is 4.65. The molecule has 6 nitrogen and oxygen atoms in total. The van der Waals surface area contributed by atoms with Crippen LogP contribution in [0.15, 0.2) is 35.5 Å². The van der Waals surface area contributed by atoms with Crippen LogP contribution in [-0.2, 0) is 9.53 Å². The highest BCUT2D eigenvalue weighted by atomic mass is 19.1. The normalized spacial score (nSPS) is 17.6. The molecule has 2 N–H and O–H groups in total. The van der Waals surface area contributed by atoms with Gasteiger partial charge in [-0.25, -0.2) is 14.0 Å². The number of ether oxygens (including phenoxy) is 2. The average Bonchev–Trinajstić information content (AvgIpc) is 2.46. The summed E-state index contributed by atoms with van der Waals surface area (Å²) in [5.74, 6) is -1.03. The predicted octanol–water partition coefficient (Wildman–Crippen LogP) is 1.72. The Kier molecular flexibility index (Phi) is 4.98. The van der Waals surface area contributed by atoms with E-state index in [1.807, 2.05) is 0 Å². The second-order valence-electron chi connectivity index (χ2n) is 4.65. The lowest BCUT2D eigenvalue weighted by molar-refractivity contribution is -0.139. The van der Waals surface area contributed by atoms with Crippen LogP contribution in [0.1, 0.15) is 13.8 Å². The van der Waals surface area contributed by atoms with Gasteiger partial charge < -0.3 is 20.1 Å². The Morgan fingerprint density at radius 3 is 2.77 bits per heavy atom. The predicted molar refractivity (Wildman–Crippen MR) is 76.7 cm³/mol. The fraction of sp³-hybridized carbons (Fsp3) is 0.333. The first-order valence-corrected chi connectivity index (χ1v) is 6.88. The second kappa shape index (κ2) is 6.93. The molecule has 22 heavy (non-hydrogen) atoms. The van der Waals surface area contributed by atoms with E-state index in [1.165, 1.54) is 12.1 Å². The van der Waals surface area contributed by atoms with Crippen LogP contribution in [0.3, 0.4) is 0 Å². The van der Waals surface area contributed by atoms with E-state index in [2.05, 4.69) is 10.6 Å². The Labute approximate surface area is 127 Å². The summed E-state index contributed by atoms with van der Waals surface area (Å²) >= 11 is 0. The number of rotatable bonds is 5. The SMILES string of the molecule is CCOC(=O)C1=C(COc2ccccc2F)NC(=O)N[C@@H]1C. The van der Waals surface area contributed by atoms with Gasteiger partial charge in [-0.1, -0.05) is 12.1 Å². The fourth-order valence-corrected chi connectivity index (χ4v) is 2.10. The quantitative estimate of drug-likeness (QED) is 0.812. The molecule has 1 aromatic carbocycles.